The quantitative estimate of drug-likeness (QED) is 0.293. The molecule has 0 fully saturated rings. The Kier molecular flexibility index (Phi) is 8.36. The Labute approximate surface area is 219 Å². The van der Waals surface area contributed by atoms with Gasteiger partial charge in [-0.05, 0) is 74.0 Å². The second-order valence-electron chi connectivity index (χ2n) is 8.03. The van der Waals surface area contributed by atoms with E-state index in [-0.39, 0.29) is 29.5 Å². The Hall–Kier alpha value is -5.10. The molecule has 38 heavy (non-hydrogen) atoms. The average Bonchev–Trinajstić information content (AvgIpc) is 2.92. The highest BCUT2D eigenvalue weighted by Crippen LogP contribution is 2.30. The normalized spacial score (nSPS) is 11.0. The molecule has 3 aromatic carbocycles. The summed E-state index contributed by atoms with van der Waals surface area (Å²) in [6.07, 6.45) is 1.60. The van der Waals surface area contributed by atoms with Crippen molar-refractivity contribution in [3.8, 4) is 23.3 Å². The number of carbonyl (C=O) groups is 1. The van der Waals surface area contributed by atoms with Crippen LogP contribution in [-0.2, 0) is 4.79 Å². The molecular formula is C29H26N4O5. The molecule has 0 aliphatic heterocycles. The van der Waals surface area contributed by atoms with Crippen LogP contribution in [0.15, 0.2) is 71.5 Å². The molecule has 9 nitrogen and oxygen atoms in total. The Morgan fingerprint density at radius 2 is 1.76 bits per heavy atom. The first-order valence-electron chi connectivity index (χ1n) is 12.0. The van der Waals surface area contributed by atoms with Crippen molar-refractivity contribution in [1.29, 1.82) is 5.26 Å². The van der Waals surface area contributed by atoms with Gasteiger partial charge in [0, 0.05) is 5.69 Å². The lowest BCUT2D eigenvalue weighted by Crippen LogP contribution is -2.20. The van der Waals surface area contributed by atoms with E-state index in [9.17, 15) is 14.9 Å². The van der Waals surface area contributed by atoms with Crippen molar-refractivity contribution < 1.29 is 19.0 Å². The van der Waals surface area contributed by atoms with Crippen molar-refractivity contribution in [3.63, 3.8) is 0 Å². The number of anilines is 1. The summed E-state index contributed by atoms with van der Waals surface area (Å²) < 4.78 is 16.8. The van der Waals surface area contributed by atoms with Crippen LogP contribution >= 0.6 is 0 Å². The van der Waals surface area contributed by atoms with E-state index in [1.165, 1.54) is 0 Å². The van der Waals surface area contributed by atoms with Crippen molar-refractivity contribution in [2.75, 3.05) is 25.1 Å². The molecule has 0 bridgehead atoms. The molecule has 0 unspecified atom stereocenters. The van der Waals surface area contributed by atoms with Crippen LogP contribution in [0.5, 0.6) is 17.2 Å². The van der Waals surface area contributed by atoms with E-state index in [2.05, 4.69) is 21.4 Å². The fourth-order valence-corrected chi connectivity index (χ4v) is 3.68. The number of benzene rings is 3. The third-order valence-electron chi connectivity index (χ3n) is 5.37. The Morgan fingerprint density at radius 3 is 2.50 bits per heavy atom. The smallest absolute Gasteiger partial charge is 0.262 e. The van der Waals surface area contributed by atoms with Gasteiger partial charge in [0.15, 0.2) is 23.9 Å². The number of nitrogens with one attached hydrogen (secondary N) is 2. The summed E-state index contributed by atoms with van der Waals surface area (Å²) in [7, 11) is 0. The molecule has 0 spiro atoms. The lowest BCUT2D eigenvalue weighted by Gasteiger charge is -2.13. The molecule has 0 atom stereocenters. The zero-order valence-electron chi connectivity index (χ0n) is 21.0. The number of para-hydroxylation sites is 1. The molecule has 1 amide bonds. The number of nitrogens with zero attached hydrogens (tertiary/aromatic N) is 2. The van der Waals surface area contributed by atoms with Crippen molar-refractivity contribution in [2.45, 2.75) is 13.8 Å². The van der Waals surface area contributed by atoms with Crippen LogP contribution in [-0.4, -0.2) is 35.7 Å². The minimum absolute atomic E-state index is 0.167. The SMILES string of the molecule is CCOc1ccc(NC(=O)COc2ccc(C=C(C#N)c3nc4ccccc4c(=O)[nH]3)cc2OCC)cc1. The predicted octanol–water partition coefficient (Wildman–Crippen LogP) is 4.80. The third kappa shape index (κ3) is 6.36. The summed E-state index contributed by atoms with van der Waals surface area (Å²) in [4.78, 5) is 31.9. The monoisotopic (exact) mass is 510 g/mol. The molecule has 2 N–H and O–H groups in total. The number of hydrogen-bond donors (Lipinski definition) is 2. The lowest BCUT2D eigenvalue weighted by atomic mass is 10.1. The first-order chi connectivity index (χ1) is 18.5. The zero-order chi connectivity index (χ0) is 26.9. The average molecular weight is 511 g/mol. The van der Waals surface area contributed by atoms with E-state index in [1.54, 1.807) is 72.8 Å². The number of allylic oxidation sites excluding steroid dienone is 1. The summed E-state index contributed by atoms with van der Waals surface area (Å²) in [5.74, 6) is 1.34. The van der Waals surface area contributed by atoms with Gasteiger partial charge in [-0.2, -0.15) is 5.26 Å². The number of fused-ring (bicyclic) bond motifs is 1. The minimum atomic E-state index is -0.335. The number of carbonyl (C=O) groups excluding carboxylic acids is 1. The second kappa shape index (κ2) is 12.2. The Bertz CT molecular complexity index is 1570. The molecule has 0 saturated heterocycles. The van der Waals surface area contributed by atoms with E-state index < -0.39 is 0 Å². The van der Waals surface area contributed by atoms with E-state index in [0.29, 0.717) is 46.9 Å². The van der Waals surface area contributed by atoms with Crippen LogP contribution in [0.3, 0.4) is 0 Å². The van der Waals surface area contributed by atoms with Crippen LogP contribution in [0, 0.1) is 11.3 Å². The topological polar surface area (TPSA) is 126 Å². The molecule has 0 aliphatic rings. The highest BCUT2D eigenvalue weighted by atomic mass is 16.5. The van der Waals surface area contributed by atoms with Gasteiger partial charge in [-0.1, -0.05) is 18.2 Å². The van der Waals surface area contributed by atoms with Crippen LogP contribution in [0.25, 0.3) is 22.6 Å². The van der Waals surface area contributed by atoms with Crippen LogP contribution in [0.2, 0.25) is 0 Å². The summed E-state index contributed by atoms with van der Waals surface area (Å²) in [6.45, 7) is 4.43. The number of aromatic nitrogens is 2. The minimum Gasteiger partial charge on any atom is -0.494 e. The fraction of sp³-hybridized carbons (Fsp3) is 0.172. The number of rotatable bonds is 10. The first-order valence-corrected chi connectivity index (χ1v) is 12.0. The largest absolute Gasteiger partial charge is 0.494 e. The van der Waals surface area contributed by atoms with Crippen molar-refractivity contribution in [2.24, 2.45) is 0 Å². The molecule has 4 rings (SSSR count). The van der Waals surface area contributed by atoms with Gasteiger partial charge < -0.3 is 24.5 Å². The maximum Gasteiger partial charge on any atom is 0.262 e. The number of nitriles is 1. The van der Waals surface area contributed by atoms with Gasteiger partial charge in [-0.15, -0.1) is 0 Å². The maximum atomic E-state index is 12.4. The second-order valence-corrected chi connectivity index (χ2v) is 8.03. The van der Waals surface area contributed by atoms with E-state index in [4.69, 9.17) is 14.2 Å². The molecule has 1 heterocycles. The number of amides is 1. The Morgan fingerprint density at radius 1 is 1.00 bits per heavy atom. The zero-order valence-corrected chi connectivity index (χ0v) is 21.0. The molecule has 0 radical (unpaired) electrons. The predicted molar refractivity (Wildman–Crippen MR) is 145 cm³/mol. The van der Waals surface area contributed by atoms with Gasteiger partial charge in [-0.25, -0.2) is 4.98 Å². The van der Waals surface area contributed by atoms with Gasteiger partial charge >= 0.3 is 0 Å². The molecule has 0 saturated carbocycles. The van der Waals surface area contributed by atoms with Gasteiger partial charge in [0.25, 0.3) is 11.5 Å². The summed E-state index contributed by atoms with van der Waals surface area (Å²) in [5.41, 5.74) is 1.60. The van der Waals surface area contributed by atoms with Crippen LogP contribution in [0.1, 0.15) is 25.2 Å². The molecule has 9 heteroatoms. The number of aromatic amines is 1. The standard InChI is InChI=1S/C29H26N4O5/c1-3-36-22-12-10-21(11-13-22)31-27(34)18-38-25-14-9-19(16-26(25)37-4-2)15-20(17-30)28-32-24-8-6-5-7-23(24)29(35)33-28/h5-16H,3-4,18H2,1-2H3,(H,31,34)(H,32,33,35). The maximum absolute atomic E-state index is 12.4. The number of hydrogen-bond acceptors (Lipinski definition) is 7. The molecule has 0 aliphatic carbocycles. The highest BCUT2D eigenvalue weighted by molar-refractivity contribution is 5.92. The number of H-pyrrole nitrogens is 1. The van der Waals surface area contributed by atoms with Gasteiger partial charge in [-0.3, -0.25) is 9.59 Å². The van der Waals surface area contributed by atoms with Crippen molar-refractivity contribution in [1.82, 2.24) is 9.97 Å². The molecular weight excluding hydrogens is 484 g/mol. The summed E-state index contributed by atoms with van der Waals surface area (Å²) in [6, 6.07) is 21.1. The van der Waals surface area contributed by atoms with E-state index in [0.717, 1.165) is 5.75 Å². The molecule has 4 aromatic rings. The van der Waals surface area contributed by atoms with Gasteiger partial charge in [0.05, 0.1) is 29.7 Å². The summed E-state index contributed by atoms with van der Waals surface area (Å²) in [5, 5.41) is 13.0. The Balaban J connectivity index is 1.50. The lowest BCUT2D eigenvalue weighted by molar-refractivity contribution is -0.118. The van der Waals surface area contributed by atoms with Crippen molar-refractivity contribution >= 4 is 34.1 Å². The van der Waals surface area contributed by atoms with Crippen molar-refractivity contribution in [3.05, 3.63) is 88.5 Å². The van der Waals surface area contributed by atoms with Crippen LogP contribution < -0.4 is 25.1 Å². The van der Waals surface area contributed by atoms with Crippen LogP contribution in [0.4, 0.5) is 5.69 Å². The van der Waals surface area contributed by atoms with Gasteiger partial charge in [0.1, 0.15) is 11.8 Å². The number of ether oxygens (including phenoxy) is 3. The molecule has 192 valence electrons. The van der Waals surface area contributed by atoms with E-state index in [1.807, 2.05) is 13.8 Å². The highest BCUT2D eigenvalue weighted by Gasteiger charge is 2.12. The van der Waals surface area contributed by atoms with E-state index >= 15 is 0 Å². The molecule has 1 aromatic heterocycles. The third-order valence-corrected chi connectivity index (χ3v) is 5.37. The summed E-state index contributed by atoms with van der Waals surface area (Å²) >= 11 is 0. The first kappa shape index (κ1) is 26.0. The fourth-order valence-electron chi connectivity index (χ4n) is 3.68. The van der Waals surface area contributed by atoms with Gasteiger partial charge in [0.2, 0.25) is 0 Å².